The molecule has 0 radical (unpaired) electrons. The molecule has 94 valence electrons. The molecular weight excluding hydrogens is 257 g/mol. The molecule has 0 atom stereocenters. The van der Waals surface area contributed by atoms with Gasteiger partial charge in [-0.25, -0.2) is 0 Å². The quantitative estimate of drug-likeness (QED) is 0.884. The molecule has 1 aromatic carbocycles. The molecule has 1 saturated carbocycles. The summed E-state index contributed by atoms with van der Waals surface area (Å²) in [5.74, 6) is 0. The Morgan fingerprint density at radius 2 is 1.94 bits per heavy atom. The summed E-state index contributed by atoms with van der Waals surface area (Å²) in [5.41, 5.74) is 0.995. The average molecular weight is 274 g/mol. The van der Waals surface area contributed by atoms with Crippen LogP contribution < -0.4 is 5.32 Å². The SMILES string of the molecule is COC1(CNCc2c(Cl)cccc2Cl)CCC1. The second-order valence-electron chi connectivity index (χ2n) is 4.54. The van der Waals surface area contributed by atoms with E-state index < -0.39 is 0 Å². The number of nitrogens with one attached hydrogen (secondary N) is 1. The monoisotopic (exact) mass is 273 g/mol. The largest absolute Gasteiger partial charge is 0.377 e. The van der Waals surface area contributed by atoms with Gasteiger partial charge in [0, 0.05) is 35.8 Å². The van der Waals surface area contributed by atoms with Gasteiger partial charge in [0.2, 0.25) is 0 Å². The van der Waals surface area contributed by atoms with Gasteiger partial charge in [0.05, 0.1) is 5.60 Å². The molecule has 4 heteroatoms. The van der Waals surface area contributed by atoms with Crippen LogP contribution in [0, 0.1) is 0 Å². The van der Waals surface area contributed by atoms with E-state index >= 15 is 0 Å². The van der Waals surface area contributed by atoms with Crippen molar-refractivity contribution in [3.8, 4) is 0 Å². The third-order valence-corrected chi connectivity index (χ3v) is 4.22. The van der Waals surface area contributed by atoms with Gasteiger partial charge in [-0.3, -0.25) is 0 Å². The molecule has 2 rings (SSSR count). The summed E-state index contributed by atoms with van der Waals surface area (Å²) in [4.78, 5) is 0. The molecule has 1 N–H and O–H groups in total. The van der Waals surface area contributed by atoms with Gasteiger partial charge in [0.1, 0.15) is 0 Å². The fourth-order valence-corrected chi connectivity index (χ4v) is 2.67. The summed E-state index contributed by atoms with van der Waals surface area (Å²) in [6.07, 6.45) is 3.52. The first-order valence-corrected chi connectivity index (χ1v) is 6.61. The molecule has 0 heterocycles. The number of benzene rings is 1. The van der Waals surface area contributed by atoms with Gasteiger partial charge in [-0.15, -0.1) is 0 Å². The minimum absolute atomic E-state index is 0.0354. The number of halogens is 2. The molecule has 0 unspecified atom stereocenters. The third-order valence-electron chi connectivity index (χ3n) is 3.51. The molecule has 0 bridgehead atoms. The second-order valence-corrected chi connectivity index (χ2v) is 5.36. The van der Waals surface area contributed by atoms with E-state index in [1.165, 1.54) is 6.42 Å². The zero-order chi connectivity index (χ0) is 12.3. The molecule has 1 aliphatic rings. The molecule has 1 aliphatic carbocycles. The zero-order valence-electron chi connectivity index (χ0n) is 9.93. The number of hydrogen-bond donors (Lipinski definition) is 1. The van der Waals surface area contributed by atoms with Crippen LogP contribution in [0.1, 0.15) is 24.8 Å². The Kier molecular flexibility index (Phi) is 4.31. The van der Waals surface area contributed by atoms with Crippen LogP contribution in [0.5, 0.6) is 0 Å². The van der Waals surface area contributed by atoms with Gasteiger partial charge in [0.15, 0.2) is 0 Å². The van der Waals surface area contributed by atoms with Crippen LogP contribution >= 0.6 is 23.2 Å². The van der Waals surface area contributed by atoms with Crippen molar-refractivity contribution >= 4 is 23.2 Å². The molecule has 1 aromatic rings. The molecule has 0 aromatic heterocycles. The summed E-state index contributed by atoms with van der Waals surface area (Å²) in [5, 5.41) is 4.81. The van der Waals surface area contributed by atoms with Crippen molar-refractivity contribution in [2.24, 2.45) is 0 Å². The lowest BCUT2D eigenvalue weighted by atomic mass is 9.80. The van der Waals surface area contributed by atoms with Crippen LogP contribution in [0.2, 0.25) is 10.0 Å². The topological polar surface area (TPSA) is 21.3 Å². The van der Waals surface area contributed by atoms with E-state index in [-0.39, 0.29) is 5.60 Å². The number of hydrogen-bond acceptors (Lipinski definition) is 2. The highest BCUT2D eigenvalue weighted by Gasteiger charge is 2.36. The van der Waals surface area contributed by atoms with Crippen molar-refractivity contribution in [1.82, 2.24) is 5.32 Å². The molecule has 2 nitrogen and oxygen atoms in total. The summed E-state index contributed by atoms with van der Waals surface area (Å²) in [7, 11) is 1.78. The van der Waals surface area contributed by atoms with Gasteiger partial charge < -0.3 is 10.1 Å². The normalized spacial score (nSPS) is 17.8. The van der Waals surface area contributed by atoms with Crippen LogP contribution in [0.25, 0.3) is 0 Å². The van der Waals surface area contributed by atoms with Crippen molar-refractivity contribution < 1.29 is 4.74 Å². The molecule has 0 aliphatic heterocycles. The highest BCUT2D eigenvalue weighted by atomic mass is 35.5. The van der Waals surface area contributed by atoms with Crippen molar-refractivity contribution in [2.75, 3.05) is 13.7 Å². The first-order valence-electron chi connectivity index (χ1n) is 5.86. The predicted octanol–water partition coefficient (Wildman–Crippen LogP) is 3.65. The lowest BCUT2D eigenvalue weighted by Gasteiger charge is -2.40. The molecule has 17 heavy (non-hydrogen) atoms. The van der Waals surface area contributed by atoms with E-state index in [2.05, 4.69) is 5.32 Å². The standard InChI is InChI=1S/C13H17Cl2NO/c1-17-13(6-3-7-13)9-16-8-10-11(14)4-2-5-12(10)15/h2,4-5,16H,3,6-9H2,1H3. The van der Waals surface area contributed by atoms with Crippen molar-refractivity contribution in [3.05, 3.63) is 33.8 Å². The van der Waals surface area contributed by atoms with E-state index in [1.807, 2.05) is 18.2 Å². The van der Waals surface area contributed by atoms with E-state index in [0.29, 0.717) is 16.6 Å². The third kappa shape index (κ3) is 2.94. The first kappa shape index (κ1) is 13.2. The maximum atomic E-state index is 6.11. The lowest BCUT2D eigenvalue weighted by Crippen LogP contribution is -2.47. The molecule has 0 spiro atoms. The van der Waals surface area contributed by atoms with Crippen molar-refractivity contribution in [3.63, 3.8) is 0 Å². The van der Waals surface area contributed by atoms with Crippen molar-refractivity contribution in [2.45, 2.75) is 31.4 Å². The van der Waals surface area contributed by atoms with Gasteiger partial charge in [-0.2, -0.15) is 0 Å². The van der Waals surface area contributed by atoms with Crippen LogP contribution in [-0.2, 0) is 11.3 Å². The van der Waals surface area contributed by atoms with Gasteiger partial charge in [-0.1, -0.05) is 29.3 Å². The van der Waals surface area contributed by atoms with E-state index in [4.69, 9.17) is 27.9 Å². The Labute approximate surface area is 112 Å². The molecule has 1 fully saturated rings. The minimum Gasteiger partial charge on any atom is -0.377 e. The Morgan fingerprint density at radius 3 is 2.41 bits per heavy atom. The minimum atomic E-state index is 0.0354. The highest BCUT2D eigenvalue weighted by molar-refractivity contribution is 6.35. The highest BCUT2D eigenvalue weighted by Crippen LogP contribution is 2.34. The second kappa shape index (κ2) is 5.57. The molecular formula is C13H17Cl2NO. The number of ether oxygens (including phenoxy) is 1. The fourth-order valence-electron chi connectivity index (χ4n) is 2.14. The fraction of sp³-hybridized carbons (Fsp3) is 0.538. The van der Waals surface area contributed by atoms with Gasteiger partial charge >= 0.3 is 0 Å². The smallest absolute Gasteiger partial charge is 0.0802 e. The zero-order valence-corrected chi connectivity index (χ0v) is 11.4. The maximum Gasteiger partial charge on any atom is 0.0802 e. The van der Waals surface area contributed by atoms with E-state index in [1.54, 1.807) is 7.11 Å². The van der Waals surface area contributed by atoms with Crippen LogP contribution in [0.15, 0.2) is 18.2 Å². The van der Waals surface area contributed by atoms with E-state index in [9.17, 15) is 0 Å². The number of rotatable bonds is 5. The summed E-state index contributed by atoms with van der Waals surface area (Å²) >= 11 is 12.2. The maximum absolute atomic E-state index is 6.11. The lowest BCUT2D eigenvalue weighted by molar-refractivity contribution is -0.0695. The predicted molar refractivity (Wildman–Crippen MR) is 71.8 cm³/mol. The molecule has 0 saturated heterocycles. The first-order chi connectivity index (χ1) is 8.17. The van der Waals surface area contributed by atoms with Crippen LogP contribution in [0.4, 0.5) is 0 Å². The summed E-state index contributed by atoms with van der Waals surface area (Å²) in [6, 6.07) is 5.58. The van der Waals surface area contributed by atoms with Gasteiger partial charge in [0.25, 0.3) is 0 Å². The average Bonchev–Trinajstić information content (AvgIpc) is 2.26. The Hall–Kier alpha value is -0.280. The van der Waals surface area contributed by atoms with Crippen molar-refractivity contribution in [1.29, 1.82) is 0 Å². The Morgan fingerprint density at radius 1 is 1.29 bits per heavy atom. The number of methoxy groups -OCH3 is 1. The molecule has 0 amide bonds. The Balaban J connectivity index is 1.90. The van der Waals surface area contributed by atoms with Crippen LogP contribution in [0.3, 0.4) is 0 Å². The van der Waals surface area contributed by atoms with Crippen LogP contribution in [-0.4, -0.2) is 19.3 Å². The summed E-state index contributed by atoms with van der Waals surface area (Å²) in [6.45, 7) is 1.54. The summed E-state index contributed by atoms with van der Waals surface area (Å²) < 4.78 is 5.54. The van der Waals surface area contributed by atoms with Gasteiger partial charge in [-0.05, 0) is 31.4 Å². The Bertz CT molecular complexity index is 365. The van der Waals surface area contributed by atoms with E-state index in [0.717, 1.165) is 24.9 Å².